The van der Waals surface area contributed by atoms with E-state index in [4.69, 9.17) is 0 Å². The molecule has 1 aliphatic rings. The molecule has 0 bridgehead atoms. The number of piperidine rings is 1. The Morgan fingerprint density at radius 1 is 1.10 bits per heavy atom. The van der Waals surface area contributed by atoms with Crippen LogP contribution in [0.1, 0.15) is 61.8 Å². The Balaban J connectivity index is 1.90. The summed E-state index contributed by atoms with van der Waals surface area (Å²) in [4.78, 5) is 13.3. The van der Waals surface area contributed by atoms with Gasteiger partial charge in [0.05, 0.1) is 11.6 Å². The Kier molecular flexibility index (Phi) is 6.20. The number of carbonyl (C=O) groups is 1. The van der Waals surface area contributed by atoms with Crippen molar-refractivity contribution in [3.63, 3.8) is 0 Å². The van der Waals surface area contributed by atoms with Crippen molar-refractivity contribution in [1.29, 1.82) is 0 Å². The molecule has 1 saturated heterocycles. The van der Waals surface area contributed by atoms with Gasteiger partial charge in [0.25, 0.3) is 0 Å². The van der Waals surface area contributed by atoms with E-state index in [-0.39, 0.29) is 18.4 Å². The Labute approximate surface area is 169 Å². The molecule has 1 fully saturated rings. The molecule has 1 aliphatic heterocycles. The average molecular weight is 405 g/mol. The summed E-state index contributed by atoms with van der Waals surface area (Å²) in [5.74, 6) is -0.360. The lowest BCUT2D eigenvalue weighted by Crippen LogP contribution is -2.37. The number of alkyl halides is 3. The molecule has 156 valence electrons. The lowest BCUT2D eigenvalue weighted by Gasteiger charge is -2.41. The number of rotatable bonds is 5. The SMILES string of the molecule is CC(C)c1ccc([C@H]2C[C@@H](CC(=O)O)CCN2c2ccc(C(F)(F)F)cc2)cc1. The van der Waals surface area contributed by atoms with Gasteiger partial charge in [-0.15, -0.1) is 0 Å². The zero-order valence-electron chi connectivity index (χ0n) is 16.6. The first-order chi connectivity index (χ1) is 13.6. The topological polar surface area (TPSA) is 40.5 Å². The number of aliphatic carboxylic acids is 1. The van der Waals surface area contributed by atoms with Crippen LogP contribution in [0.5, 0.6) is 0 Å². The molecule has 1 N–H and O–H groups in total. The van der Waals surface area contributed by atoms with E-state index in [2.05, 4.69) is 43.0 Å². The number of benzene rings is 2. The summed E-state index contributed by atoms with van der Waals surface area (Å²) in [7, 11) is 0. The van der Waals surface area contributed by atoms with Crippen LogP contribution >= 0.6 is 0 Å². The number of carboxylic acid groups (broad SMARTS) is 1. The summed E-state index contributed by atoms with van der Waals surface area (Å²) in [6, 6.07) is 13.4. The number of carboxylic acids is 1. The van der Waals surface area contributed by atoms with Crippen molar-refractivity contribution >= 4 is 11.7 Å². The maximum Gasteiger partial charge on any atom is 0.416 e. The number of hydrogen-bond acceptors (Lipinski definition) is 2. The first kappa shape index (κ1) is 21.2. The third-order valence-electron chi connectivity index (χ3n) is 5.69. The smallest absolute Gasteiger partial charge is 0.416 e. The van der Waals surface area contributed by atoms with Gasteiger partial charge >= 0.3 is 12.1 Å². The van der Waals surface area contributed by atoms with E-state index in [1.54, 1.807) is 0 Å². The molecule has 3 rings (SSSR count). The fraction of sp³-hybridized carbons (Fsp3) is 0.435. The van der Waals surface area contributed by atoms with Crippen LogP contribution < -0.4 is 4.90 Å². The van der Waals surface area contributed by atoms with Crippen LogP contribution in [0.4, 0.5) is 18.9 Å². The van der Waals surface area contributed by atoms with E-state index < -0.39 is 17.7 Å². The fourth-order valence-electron chi connectivity index (χ4n) is 4.04. The molecule has 0 unspecified atom stereocenters. The lowest BCUT2D eigenvalue weighted by atomic mass is 9.84. The highest BCUT2D eigenvalue weighted by atomic mass is 19.4. The Bertz CT molecular complexity index is 829. The van der Waals surface area contributed by atoms with Gasteiger partial charge in [-0.05, 0) is 60.1 Å². The van der Waals surface area contributed by atoms with Gasteiger partial charge in [0.15, 0.2) is 0 Å². The maximum atomic E-state index is 12.9. The summed E-state index contributed by atoms with van der Waals surface area (Å²) in [5.41, 5.74) is 2.33. The van der Waals surface area contributed by atoms with Crippen LogP contribution in [-0.4, -0.2) is 17.6 Å². The zero-order valence-corrected chi connectivity index (χ0v) is 16.6. The number of nitrogens with zero attached hydrogens (tertiary/aromatic N) is 1. The molecule has 0 aliphatic carbocycles. The van der Waals surface area contributed by atoms with Gasteiger partial charge in [-0.3, -0.25) is 4.79 Å². The fourth-order valence-corrected chi connectivity index (χ4v) is 4.04. The van der Waals surface area contributed by atoms with Crippen LogP contribution in [-0.2, 0) is 11.0 Å². The van der Waals surface area contributed by atoms with Gasteiger partial charge in [-0.1, -0.05) is 38.1 Å². The second-order valence-corrected chi connectivity index (χ2v) is 8.06. The zero-order chi connectivity index (χ0) is 21.2. The lowest BCUT2D eigenvalue weighted by molar-refractivity contribution is -0.138. The van der Waals surface area contributed by atoms with Gasteiger partial charge in [-0.25, -0.2) is 0 Å². The quantitative estimate of drug-likeness (QED) is 0.638. The molecule has 3 nitrogen and oxygen atoms in total. The third-order valence-corrected chi connectivity index (χ3v) is 5.69. The predicted octanol–water partition coefficient (Wildman–Crippen LogP) is 6.26. The van der Waals surface area contributed by atoms with E-state index in [0.717, 1.165) is 23.4 Å². The number of halogens is 3. The second-order valence-electron chi connectivity index (χ2n) is 8.06. The molecule has 0 radical (unpaired) electrons. The maximum absolute atomic E-state index is 12.9. The highest BCUT2D eigenvalue weighted by Gasteiger charge is 2.33. The van der Waals surface area contributed by atoms with Crippen molar-refractivity contribution in [3.05, 3.63) is 65.2 Å². The Morgan fingerprint density at radius 2 is 1.72 bits per heavy atom. The number of hydrogen-bond donors (Lipinski definition) is 1. The molecule has 0 amide bonds. The minimum Gasteiger partial charge on any atom is -0.481 e. The highest BCUT2D eigenvalue weighted by molar-refractivity contribution is 5.67. The molecule has 0 aromatic heterocycles. The largest absolute Gasteiger partial charge is 0.481 e. The first-order valence-corrected chi connectivity index (χ1v) is 9.90. The van der Waals surface area contributed by atoms with Gasteiger partial charge in [0.2, 0.25) is 0 Å². The first-order valence-electron chi connectivity index (χ1n) is 9.90. The summed E-state index contributed by atoms with van der Waals surface area (Å²) in [5, 5.41) is 9.19. The molecule has 2 aromatic rings. The minimum absolute atomic E-state index is 0.0490. The van der Waals surface area contributed by atoms with E-state index >= 15 is 0 Å². The Hall–Kier alpha value is -2.50. The molecule has 2 atom stereocenters. The summed E-state index contributed by atoms with van der Waals surface area (Å²) >= 11 is 0. The molecule has 29 heavy (non-hydrogen) atoms. The number of anilines is 1. The molecule has 2 aromatic carbocycles. The van der Waals surface area contributed by atoms with Gasteiger partial charge in [-0.2, -0.15) is 13.2 Å². The standard InChI is InChI=1S/C23H26F3NO2/c1-15(2)17-3-5-18(6-4-17)21-13-16(14-22(28)29)11-12-27(21)20-9-7-19(8-10-20)23(24,25)26/h3-10,15-16,21H,11-14H2,1-2H3,(H,28,29)/t16-,21+/m0/s1. The molecule has 0 spiro atoms. The van der Waals surface area contributed by atoms with Crippen molar-refractivity contribution in [3.8, 4) is 0 Å². The molecular formula is C23H26F3NO2. The minimum atomic E-state index is -4.36. The summed E-state index contributed by atoms with van der Waals surface area (Å²) in [6.07, 6.45) is -2.89. The van der Waals surface area contributed by atoms with Crippen molar-refractivity contribution in [1.82, 2.24) is 0 Å². The van der Waals surface area contributed by atoms with Gasteiger partial charge in [0.1, 0.15) is 0 Å². The monoisotopic (exact) mass is 405 g/mol. The third kappa shape index (κ3) is 5.11. The van der Waals surface area contributed by atoms with Crippen LogP contribution in [0.3, 0.4) is 0 Å². The van der Waals surface area contributed by atoms with E-state index in [9.17, 15) is 23.1 Å². The van der Waals surface area contributed by atoms with E-state index in [0.29, 0.717) is 25.3 Å². The average Bonchev–Trinajstić information content (AvgIpc) is 2.67. The normalized spacial score (nSPS) is 20.1. The van der Waals surface area contributed by atoms with Crippen molar-refractivity contribution in [2.75, 3.05) is 11.4 Å². The van der Waals surface area contributed by atoms with E-state index in [1.807, 2.05) is 0 Å². The molecule has 6 heteroatoms. The molecular weight excluding hydrogens is 379 g/mol. The molecule has 0 saturated carbocycles. The van der Waals surface area contributed by atoms with Crippen LogP contribution in [0.15, 0.2) is 48.5 Å². The highest BCUT2D eigenvalue weighted by Crippen LogP contribution is 2.40. The molecule has 1 heterocycles. The van der Waals surface area contributed by atoms with Crippen molar-refractivity contribution < 1.29 is 23.1 Å². The van der Waals surface area contributed by atoms with Gasteiger partial charge in [0, 0.05) is 18.7 Å². The van der Waals surface area contributed by atoms with Crippen LogP contribution in [0.25, 0.3) is 0 Å². The van der Waals surface area contributed by atoms with Crippen molar-refractivity contribution in [2.24, 2.45) is 5.92 Å². The summed E-state index contributed by atoms with van der Waals surface area (Å²) in [6.45, 7) is 4.85. The predicted molar refractivity (Wildman–Crippen MR) is 107 cm³/mol. The Morgan fingerprint density at radius 3 is 2.24 bits per heavy atom. The summed E-state index contributed by atoms with van der Waals surface area (Å²) < 4.78 is 38.7. The van der Waals surface area contributed by atoms with Crippen LogP contribution in [0.2, 0.25) is 0 Å². The van der Waals surface area contributed by atoms with Crippen LogP contribution in [0, 0.1) is 5.92 Å². The second kappa shape index (κ2) is 8.47. The van der Waals surface area contributed by atoms with E-state index in [1.165, 1.54) is 17.7 Å². The van der Waals surface area contributed by atoms with Gasteiger partial charge < -0.3 is 10.0 Å². The van der Waals surface area contributed by atoms with Crippen molar-refractivity contribution in [2.45, 2.75) is 51.2 Å².